The number of rotatable bonds is 4. The number of carbonyl (C=O) groups excluding carboxylic acids is 2. The van der Waals surface area contributed by atoms with E-state index >= 15 is 0 Å². The van der Waals surface area contributed by atoms with Crippen LogP contribution < -0.4 is 10.2 Å². The Hall–Kier alpha value is -2.81. The van der Waals surface area contributed by atoms with Crippen LogP contribution in [-0.4, -0.2) is 47.9 Å². The van der Waals surface area contributed by atoms with Crippen molar-refractivity contribution in [2.24, 2.45) is 5.92 Å². The van der Waals surface area contributed by atoms with Crippen molar-refractivity contribution in [2.45, 2.75) is 38.3 Å². The Labute approximate surface area is 201 Å². The molecule has 0 radical (unpaired) electrons. The highest BCUT2D eigenvalue weighted by molar-refractivity contribution is 6.33. The van der Waals surface area contributed by atoms with Crippen LogP contribution in [0.5, 0.6) is 0 Å². The lowest BCUT2D eigenvalue weighted by molar-refractivity contribution is -0.137. The van der Waals surface area contributed by atoms with Gasteiger partial charge >= 0.3 is 6.18 Å². The predicted molar refractivity (Wildman–Crippen MR) is 124 cm³/mol. The molecule has 1 N–H and O–H groups in total. The zero-order valence-electron chi connectivity index (χ0n) is 18.6. The minimum Gasteiger partial charge on any atom is -0.355 e. The maximum absolute atomic E-state index is 13.0. The maximum atomic E-state index is 13.0. The van der Waals surface area contributed by atoms with Gasteiger partial charge in [0.05, 0.1) is 21.8 Å². The second kappa shape index (κ2) is 10.2. The molecule has 0 unspecified atom stereocenters. The van der Waals surface area contributed by atoms with Crippen molar-refractivity contribution >= 4 is 34.9 Å². The number of carbonyl (C=O) groups is 2. The lowest BCUT2D eigenvalue weighted by Crippen LogP contribution is -2.39. The molecule has 34 heavy (non-hydrogen) atoms. The van der Waals surface area contributed by atoms with Gasteiger partial charge in [0.1, 0.15) is 5.82 Å². The smallest absolute Gasteiger partial charge is 0.355 e. The van der Waals surface area contributed by atoms with Crippen LogP contribution in [0.3, 0.4) is 0 Å². The molecule has 10 heteroatoms. The van der Waals surface area contributed by atoms with Crippen LogP contribution >= 0.6 is 11.6 Å². The Balaban J connectivity index is 1.38. The van der Waals surface area contributed by atoms with E-state index in [9.17, 15) is 22.8 Å². The molecule has 4 rings (SSSR count). The molecular weight excluding hydrogens is 469 g/mol. The number of para-hydroxylation sites is 1. The van der Waals surface area contributed by atoms with Gasteiger partial charge in [0.2, 0.25) is 5.91 Å². The van der Waals surface area contributed by atoms with E-state index in [2.05, 4.69) is 10.3 Å². The van der Waals surface area contributed by atoms with Gasteiger partial charge in [0.25, 0.3) is 5.91 Å². The highest BCUT2D eigenvalue weighted by Gasteiger charge is 2.33. The third-order valence-electron chi connectivity index (χ3n) is 6.37. The quantitative estimate of drug-likeness (QED) is 0.631. The number of halogens is 4. The molecule has 0 spiro atoms. The third-order valence-corrected chi connectivity index (χ3v) is 6.65. The van der Waals surface area contributed by atoms with E-state index < -0.39 is 11.7 Å². The number of benzene rings is 1. The molecule has 2 aliphatic heterocycles. The summed E-state index contributed by atoms with van der Waals surface area (Å²) in [6.45, 7) is 2.31. The fourth-order valence-electron chi connectivity index (χ4n) is 4.45. The Morgan fingerprint density at radius 2 is 1.71 bits per heavy atom. The molecule has 6 nitrogen and oxygen atoms in total. The second-order valence-electron chi connectivity index (χ2n) is 8.68. The molecule has 0 saturated carbocycles. The number of anilines is 2. The molecule has 3 heterocycles. The van der Waals surface area contributed by atoms with Crippen molar-refractivity contribution in [1.29, 1.82) is 0 Å². The normalized spacial score (nSPS) is 17.5. The Kier molecular flexibility index (Phi) is 7.30. The van der Waals surface area contributed by atoms with Crippen LogP contribution in [-0.2, 0) is 11.0 Å². The van der Waals surface area contributed by atoms with Gasteiger partial charge in [-0.15, -0.1) is 0 Å². The first-order valence-corrected chi connectivity index (χ1v) is 11.8. The minimum atomic E-state index is -4.51. The summed E-state index contributed by atoms with van der Waals surface area (Å²) in [4.78, 5) is 33.5. The van der Waals surface area contributed by atoms with Crippen molar-refractivity contribution < 1.29 is 22.8 Å². The number of alkyl halides is 3. The van der Waals surface area contributed by atoms with Gasteiger partial charge < -0.3 is 15.1 Å². The summed E-state index contributed by atoms with van der Waals surface area (Å²) < 4.78 is 38.6. The summed E-state index contributed by atoms with van der Waals surface area (Å²) in [5, 5.41) is 2.85. The first-order chi connectivity index (χ1) is 16.2. The van der Waals surface area contributed by atoms with Gasteiger partial charge in [-0.2, -0.15) is 13.2 Å². The molecule has 2 saturated heterocycles. The first-order valence-electron chi connectivity index (χ1n) is 11.4. The summed E-state index contributed by atoms with van der Waals surface area (Å²) >= 11 is 6.07. The van der Waals surface area contributed by atoms with Crippen molar-refractivity contribution in [2.75, 3.05) is 36.4 Å². The maximum Gasteiger partial charge on any atom is 0.417 e. The van der Waals surface area contributed by atoms with Crippen molar-refractivity contribution in [1.82, 2.24) is 9.88 Å². The third kappa shape index (κ3) is 5.46. The van der Waals surface area contributed by atoms with Crippen LogP contribution in [0.25, 0.3) is 0 Å². The molecule has 2 aromatic rings. The number of pyridine rings is 1. The topological polar surface area (TPSA) is 65.5 Å². The van der Waals surface area contributed by atoms with Gasteiger partial charge in [-0.25, -0.2) is 4.98 Å². The van der Waals surface area contributed by atoms with E-state index in [-0.39, 0.29) is 28.6 Å². The summed E-state index contributed by atoms with van der Waals surface area (Å²) in [5.74, 6) is -0.257. The first kappa shape index (κ1) is 24.3. The fourth-order valence-corrected chi connectivity index (χ4v) is 4.74. The second-order valence-corrected chi connectivity index (χ2v) is 9.08. The highest BCUT2D eigenvalue weighted by atomic mass is 35.5. The van der Waals surface area contributed by atoms with E-state index in [0.717, 1.165) is 44.6 Å². The Morgan fingerprint density at radius 1 is 1.03 bits per heavy atom. The number of hydrogen-bond donors (Lipinski definition) is 1. The Bertz CT molecular complexity index is 1050. The van der Waals surface area contributed by atoms with E-state index in [1.54, 1.807) is 29.2 Å². The summed E-state index contributed by atoms with van der Waals surface area (Å²) in [6, 6.07) is 7.90. The molecule has 2 fully saturated rings. The van der Waals surface area contributed by atoms with Gasteiger partial charge in [-0.05, 0) is 50.3 Å². The zero-order valence-corrected chi connectivity index (χ0v) is 19.3. The fraction of sp³-hybridized carbons (Fsp3) is 0.458. The molecule has 182 valence electrons. The molecule has 0 bridgehead atoms. The summed E-state index contributed by atoms with van der Waals surface area (Å²) in [7, 11) is 0. The van der Waals surface area contributed by atoms with Gasteiger partial charge in [-0.3, -0.25) is 9.59 Å². The van der Waals surface area contributed by atoms with Crippen LogP contribution in [0.15, 0.2) is 36.5 Å². The molecular formula is C24H26ClF3N4O2. The van der Waals surface area contributed by atoms with Crippen molar-refractivity contribution in [3.05, 3.63) is 52.7 Å². The number of aromatic nitrogens is 1. The highest BCUT2D eigenvalue weighted by Crippen LogP contribution is 2.35. The molecule has 2 amide bonds. The standard InChI is InChI=1S/C24H26ClF3N4O2/c25-19-14-17(24(26,27)28)15-29-21(19)31-12-8-16(9-13-31)22(33)30-20-7-3-2-6-18(20)23(34)32-10-4-1-5-11-32/h2-3,6-7,14-16H,1,4-5,8-13H2,(H,30,33). The van der Waals surface area contributed by atoms with E-state index in [1.165, 1.54) is 0 Å². The average molecular weight is 495 g/mol. The van der Waals surface area contributed by atoms with Gasteiger partial charge in [0.15, 0.2) is 0 Å². The van der Waals surface area contributed by atoms with E-state index in [1.807, 2.05) is 4.90 Å². The summed E-state index contributed by atoms with van der Waals surface area (Å²) in [6.07, 6.45) is 0.337. The minimum absolute atomic E-state index is 0.0668. The van der Waals surface area contributed by atoms with Crippen LogP contribution in [0.1, 0.15) is 48.0 Å². The number of likely N-dealkylation sites (tertiary alicyclic amines) is 1. The lowest BCUT2D eigenvalue weighted by atomic mass is 9.95. The number of hydrogen-bond acceptors (Lipinski definition) is 4. The van der Waals surface area contributed by atoms with Gasteiger partial charge in [0, 0.05) is 38.3 Å². The largest absolute Gasteiger partial charge is 0.417 e. The lowest BCUT2D eigenvalue weighted by Gasteiger charge is -2.33. The van der Waals surface area contributed by atoms with Crippen molar-refractivity contribution in [3.8, 4) is 0 Å². The zero-order chi connectivity index (χ0) is 24.3. The Morgan fingerprint density at radius 3 is 2.35 bits per heavy atom. The van der Waals surface area contributed by atoms with E-state index in [0.29, 0.717) is 37.2 Å². The van der Waals surface area contributed by atoms with Crippen LogP contribution in [0.2, 0.25) is 5.02 Å². The number of nitrogens with one attached hydrogen (secondary N) is 1. The van der Waals surface area contributed by atoms with E-state index in [4.69, 9.17) is 11.6 Å². The predicted octanol–water partition coefficient (Wildman–Crippen LogP) is 5.24. The van der Waals surface area contributed by atoms with Gasteiger partial charge in [-0.1, -0.05) is 23.7 Å². The van der Waals surface area contributed by atoms with Crippen LogP contribution in [0.4, 0.5) is 24.7 Å². The molecule has 1 aromatic carbocycles. The molecule has 0 atom stereocenters. The van der Waals surface area contributed by atoms with Crippen molar-refractivity contribution in [3.63, 3.8) is 0 Å². The number of piperidine rings is 2. The monoisotopic (exact) mass is 494 g/mol. The molecule has 2 aliphatic rings. The average Bonchev–Trinajstić information content (AvgIpc) is 2.84. The number of amides is 2. The summed E-state index contributed by atoms with van der Waals surface area (Å²) in [5.41, 5.74) is 0.0853. The molecule has 0 aliphatic carbocycles. The van der Waals surface area contributed by atoms with Crippen LogP contribution in [0, 0.1) is 5.92 Å². The SMILES string of the molecule is O=C(Nc1ccccc1C(=O)N1CCCCC1)C1CCN(c2ncc(C(F)(F)F)cc2Cl)CC1. The number of nitrogens with zero attached hydrogens (tertiary/aromatic N) is 3. The molecule has 1 aromatic heterocycles.